The molecular weight excluding hydrogens is 356 g/mol. The second-order valence-electron chi connectivity index (χ2n) is 5.61. The molecule has 0 saturated heterocycles. The number of carboxylic acid groups (broad SMARTS) is 1. The van der Waals surface area contributed by atoms with E-state index in [0.29, 0.717) is 10.6 Å². The fraction of sp³-hybridized carbons (Fsp3) is 0.211. The number of carbonyl (C=O) groups is 3. The molecule has 0 fully saturated rings. The van der Waals surface area contributed by atoms with E-state index in [2.05, 4.69) is 10.6 Å². The van der Waals surface area contributed by atoms with Crippen LogP contribution in [0.3, 0.4) is 0 Å². The summed E-state index contributed by atoms with van der Waals surface area (Å²) >= 11 is 6.06. The fourth-order valence-corrected chi connectivity index (χ4v) is 2.61. The second kappa shape index (κ2) is 9.58. The lowest BCUT2D eigenvalue weighted by molar-refractivity contribution is -0.136. The van der Waals surface area contributed by atoms with E-state index >= 15 is 0 Å². The molecule has 0 spiro atoms. The molecule has 26 heavy (non-hydrogen) atoms. The molecule has 0 aliphatic carbocycles. The van der Waals surface area contributed by atoms with Crippen LogP contribution in [0.5, 0.6) is 0 Å². The predicted octanol–water partition coefficient (Wildman–Crippen LogP) is 2.79. The maximum atomic E-state index is 12.5. The Balaban J connectivity index is 2.09. The van der Waals surface area contributed by atoms with Crippen LogP contribution in [0.2, 0.25) is 5.02 Å². The van der Waals surface area contributed by atoms with Crippen LogP contribution in [0.4, 0.5) is 0 Å². The zero-order valence-electron chi connectivity index (χ0n) is 13.9. The Hall–Kier alpha value is -2.86. The van der Waals surface area contributed by atoms with E-state index in [9.17, 15) is 14.4 Å². The summed E-state index contributed by atoms with van der Waals surface area (Å²) in [5, 5.41) is 14.3. The van der Waals surface area contributed by atoms with E-state index in [1.807, 2.05) is 30.3 Å². The molecule has 1 atom stereocenters. The highest BCUT2D eigenvalue weighted by molar-refractivity contribution is 6.33. The lowest BCUT2D eigenvalue weighted by Gasteiger charge is -2.19. The van der Waals surface area contributed by atoms with E-state index in [4.69, 9.17) is 16.7 Å². The molecule has 2 rings (SSSR count). The molecule has 0 radical (unpaired) electrons. The fourth-order valence-electron chi connectivity index (χ4n) is 2.39. The Labute approximate surface area is 156 Å². The van der Waals surface area contributed by atoms with Gasteiger partial charge in [-0.3, -0.25) is 14.4 Å². The summed E-state index contributed by atoms with van der Waals surface area (Å²) in [5.74, 6) is -1.72. The largest absolute Gasteiger partial charge is 0.481 e. The molecule has 1 unspecified atom stereocenters. The van der Waals surface area contributed by atoms with Crippen LogP contribution in [0, 0.1) is 0 Å². The van der Waals surface area contributed by atoms with Crippen molar-refractivity contribution in [2.45, 2.75) is 18.9 Å². The number of amides is 2. The molecule has 136 valence electrons. The van der Waals surface area contributed by atoms with Crippen LogP contribution in [-0.4, -0.2) is 29.4 Å². The van der Waals surface area contributed by atoms with Crippen LogP contribution in [0.25, 0.3) is 0 Å². The minimum atomic E-state index is -0.989. The third-order valence-electron chi connectivity index (χ3n) is 3.68. The van der Waals surface area contributed by atoms with Gasteiger partial charge in [-0.1, -0.05) is 54.1 Å². The van der Waals surface area contributed by atoms with Crippen molar-refractivity contribution in [3.05, 3.63) is 70.7 Å². The van der Waals surface area contributed by atoms with E-state index < -0.39 is 12.0 Å². The van der Waals surface area contributed by atoms with Crippen molar-refractivity contribution in [2.24, 2.45) is 0 Å². The summed E-state index contributed by atoms with van der Waals surface area (Å²) in [6, 6.07) is 15.2. The first-order chi connectivity index (χ1) is 12.5. The number of hydrogen-bond donors (Lipinski definition) is 3. The number of carbonyl (C=O) groups excluding carboxylic acids is 2. The maximum absolute atomic E-state index is 12.5. The van der Waals surface area contributed by atoms with Gasteiger partial charge in [0.2, 0.25) is 5.91 Å². The first-order valence-electron chi connectivity index (χ1n) is 8.06. The van der Waals surface area contributed by atoms with E-state index in [-0.39, 0.29) is 31.2 Å². The van der Waals surface area contributed by atoms with Gasteiger partial charge in [0, 0.05) is 6.54 Å². The normalized spacial score (nSPS) is 11.4. The van der Waals surface area contributed by atoms with Crippen LogP contribution in [0.15, 0.2) is 54.6 Å². The third-order valence-corrected chi connectivity index (χ3v) is 4.01. The molecule has 2 aromatic carbocycles. The summed E-state index contributed by atoms with van der Waals surface area (Å²) in [5.41, 5.74) is 1.09. The van der Waals surface area contributed by atoms with Gasteiger partial charge in [-0.2, -0.15) is 0 Å². The summed E-state index contributed by atoms with van der Waals surface area (Å²) in [6.45, 7) is 0.0358. The molecule has 0 bridgehead atoms. The predicted molar refractivity (Wildman–Crippen MR) is 98.0 cm³/mol. The molecule has 0 heterocycles. The highest BCUT2D eigenvalue weighted by atomic mass is 35.5. The van der Waals surface area contributed by atoms with Gasteiger partial charge in [-0.15, -0.1) is 0 Å². The summed E-state index contributed by atoms with van der Waals surface area (Å²) in [4.78, 5) is 35.2. The minimum Gasteiger partial charge on any atom is -0.481 e. The van der Waals surface area contributed by atoms with Crippen LogP contribution in [-0.2, 0) is 9.59 Å². The molecule has 0 aliphatic rings. The summed E-state index contributed by atoms with van der Waals surface area (Å²) in [6.07, 6.45) is -0.173. The second-order valence-corrected chi connectivity index (χ2v) is 6.02. The molecule has 0 aliphatic heterocycles. The topological polar surface area (TPSA) is 95.5 Å². The Morgan fingerprint density at radius 3 is 2.31 bits per heavy atom. The Kier molecular flexibility index (Phi) is 7.17. The molecular formula is C19H19ClN2O4. The van der Waals surface area contributed by atoms with Crippen molar-refractivity contribution in [3.8, 4) is 0 Å². The number of rotatable bonds is 8. The molecule has 2 aromatic rings. The van der Waals surface area contributed by atoms with Crippen molar-refractivity contribution in [2.75, 3.05) is 6.54 Å². The molecule has 0 aromatic heterocycles. The highest BCUT2D eigenvalue weighted by Gasteiger charge is 2.20. The smallest absolute Gasteiger partial charge is 0.305 e. The van der Waals surface area contributed by atoms with Crippen molar-refractivity contribution in [1.29, 1.82) is 0 Å². The Bertz CT molecular complexity index is 780. The number of hydrogen-bond acceptors (Lipinski definition) is 3. The lowest BCUT2D eigenvalue weighted by Crippen LogP contribution is -2.34. The minimum absolute atomic E-state index is 0.0141. The van der Waals surface area contributed by atoms with Crippen molar-refractivity contribution >= 4 is 29.4 Å². The summed E-state index contributed by atoms with van der Waals surface area (Å²) < 4.78 is 0. The summed E-state index contributed by atoms with van der Waals surface area (Å²) in [7, 11) is 0. The Morgan fingerprint density at radius 2 is 1.65 bits per heavy atom. The standard InChI is InChI=1S/C19H19ClN2O4/c20-15-9-5-4-8-14(15)19(26)22-16(13-6-2-1-3-7-13)12-17(23)21-11-10-18(24)25/h1-9,16H,10-12H2,(H,21,23)(H,22,26)(H,24,25). The molecule has 0 saturated carbocycles. The van der Waals surface area contributed by atoms with Gasteiger partial charge in [0.15, 0.2) is 0 Å². The lowest BCUT2D eigenvalue weighted by atomic mass is 10.0. The van der Waals surface area contributed by atoms with E-state index in [1.165, 1.54) is 0 Å². The van der Waals surface area contributed by atoms with Gasteiger partial charge >= 0.3 is 5.97 Å². The van der Waals surface area contributed by atoms with Gasteiger partial charge in [-0.05, 0) is 17.7 Å². The molecule has 2 amide bonds. The molecule has 3 N–H and O–H groups in total. The van der Waals surface area contributed by atoms with Gasteiger partial charge in [-0.25, -0.2) is 0 Å². The van der Waals surface area contributed by atoms with Crippen molar-refractivity contribution in [3.63, 3.8) is 0 Å². The highest BCUT2D eigenvalue weighted by Crippen LogP contribution is 2.20. The number of carboxylic acids is 1. The molecule has 6 nitrogen and oxygen atoms in total. The van der Waals surface area contributed by atoms with Gasteiger partial charge in [0.25, 0.3) is 5.91 Å². The SMILES string of the molecule is O=C(O)CCNC(=O)CC(NC(=O)c1ccccc1Cl)c1ccccc1. The number of nitrogens with one attached hydrogen (secondary N) is 2. The quantitative estimate of drug-likeness (QED) is 0.662. The van der Waals surface area contributed by atoms with Crippen LogP contribution in [0.1, 0.15) is 34.8 Å². The Morgan fingerprint density at radius 1 is 1.00 bits per heavy atom. The maximum Gasteiger partial charge on any atom is 0.305 e. The van der Waals surface area contributed by atoms with Crippen molar-refractivity contribution in [1.82, 2.24) is 10.6 Å². The number of benzene rings is 2. The first kappa shape index (κ1) is 19.5. The zero-order valence-corrected chi connectivity index (χ0v) is 14.7. The molecule has 7 heteroatoms. The third kappa shape index (κ3) is 5.89. The van der Waals surface area contributed by atoms with Gasteiger partial charge in [0.1, 0.15) is 0 Å². The van der Waals surface area contributed by atoms with Crippen LogP contribution < -0.4 is 10.6 Å². The van der Waals surface area contributed by atoms with Crippen molar-refractivity contribution < 1.29 is 19.5 Å². The number of halogens is 1. The zero-order chi connectivity index (χ0) is 18.9. The van der Waals surface area contributed by atoms with Gasteiger partial charge in [0.05, 0.1) is 29.5 Å². The van der Waals surface area contributed by atoms with E-state index in [0.717, 1.165) is 5.56 Å². The van der Waals surface area contributed by atoms with Crippen LogP contribution >= 0.6 is 11.6 Å². The first-order valence-corrected chi connectivity index (χ1v) is 8.44. The monoisotopic (exact) mass is 374 g/mol. The van der Waals surface area contributed by atoms with E-state index in [1.54, 1.807) is 24.3 Å². The average Bonchev–Trinajstić information content (AvgIpc) is 2.62. The average molecular weight is 375 g/mol. The van der Waals surface area contributed by atoms with Gasteiger partial charge < -0.3 is 15.7 Å². The number of aliphatic carboxylic acids is 1.